The van der Waals surface area contributed by atoms with Gasteiger partial charge in [0.2, 0.25) is 0 Å². The molecule has 2 aromatic heterocycles. The van der Waals surface area contributed by atoms with Gasteiger partial charge in [-0.25, -0.2) is 9.82 Å². The summed E-state index contributed by atoms with van der Waals surface area (Å²) in [6.07, 6.45) is 2.29. The highest BCUT2D eigenvalue weighted by Crippen LogP contribution is 2.27. The molecule has 0 fully saturated rings. The maximum atomic E-state index is 13.6. The van der Waals surface area contributed by atoms with Crippen LogP contribution in [-0.2, 0) is 6.42 Å². The summed E-state index contributed by atoms with van der Waals surface area (Å²) >= 11 is 0. The van der Waals surface area contributed by atoms with Crippen LogP contribution in [0.1, 0.15) is 17.5 Å². The van der Waals surface area contributed by atoms with Crippen molar-refractivity contribution in [2.45, 2.75) is 12.5 Å². The number of rotatable bonds is 4. The van der Waals surface area contributed by atoms with Crippen LogP contribution in [0.15, 0.2) is 53.1 Å². The van der Waals surface area contributed by atoms with Gasteiger partial charge >= 0.3 is 0 Å². The van der Waals surface area contributed by atoms with Gasteiger partial charge < -0.3 is 4.42 Å². The largest absolute Gasteiger partial charge is 0.456 e. The quantitative estimate of drug-likeness (QED) is 0.565. The van der Waals surface area contributed by atoms with Gasteiger partial charge in [0.25, 0.3) is 0 Å². The van der Waals surface area contributed by atoms with Crippen molar-refractivity contribution < 1.29 is 8.81 Å². The summed E-state index contributed by atoms with van der Waals surface area (Å²) in [5, 5.41) is 0.723. The summed E-state index contributed by atoms with van der Waals surface area (Å²) < 4.78 is 19.2. The Hall–Kier alpha value is -2.24. The lowest BCUT2D eigenvalue weighted by molar-refractivity contribution is 0.425. The van der Waals surface area contributed by atoms with Gasteiger partial charge in [0, 0.05) is 23.7 Å². The van der Waals surface area contributed by atoms with Crippen molar-refractivity contribution in [1.29, 1.82) is 0 Å². The molecule has 0 spiro atoms. The van der Waals surface area contributed by atoms with Crippen molar-refractivity contribution >= 4 is 11.0 Å². The summed E-state index contributed by atoms with van der Waals surface area (Å²) in [7, 11) is 0. The average Bonchev–Trinajstić information content (AvgIpc) is 2.91. The first-order valence-electron chi connectivity index (χ1n) is 6.32. The molecule has 3 rings (SSSR count). The van der Waals surface area contributed by atoms with Crippen LogP contribution in [0, 0.1) is 5.82 Å². The number of nitrogens with two attached hydrogens (primary N) is 1. The Morgan fingerprint density at radius 3 is 2.85 bits per heavy atom. The highest BCUT2D eigenvalue weighted by Gasteiger charge is 2.17. The normalized spacial score (nSPS) is 12.7. The van der Waals surface area contributed by atoms with E-state index in [1.165, 1.54) is 6.07 Å². The second-order valence-electron chi connectivity index (χ2n) is 4.55. The Kier molecular flexibility index (Phi) is 3.45. The number of nitrogens with one attached hydrogen (secondary N) is 1. The number of benzene rings is 1. The third-order valence-electron chi connectivity index (χ3n) is 3.20. The lowest BCUT2D eigenvalue weighted by Crippen LogP contribution is -2.29. The van der Waals surface area contributed by atoms with Gasteiger partial charge in [-0.3, -0.25) is 10.8 Å². The average molecular weight is 271 g/mol. The van der Waals surface area contributed by atoms with E-state index in [1.54, 1.807) is 24.4 Å². The molecule has 5 heteroatoms. The molecule has 0 aliphatic carbocycles. The number of halogens is 1. The lowest BCUT2D eigenvalue weighted by Gasteiger charge is -2.12. The van der Waals surface area contributed by atoms with Gasteiger partial charge in [0.05, 0.1) is 6.04 Å². The highest BCUT2D eigenvalue weighted by molar-refractivity contribution is 5.78. The molecule has 0 aliphatic heterocycles. The van der Waals surface area contributed by atoms with Crippen LogP contribution in [0.4, 0.5) is 4.39 Å². The van der Waals surface area contributed by atoms with Crippen LogP contribution >= 0.6 is 0 Å². The minimum absolute atomic E-state index is 0.253. The van der Waals surface area contributed by atoms with Crippen LogP contribution in [0.25, 0.3) is 11.0 Å². The van der Waals surface area contributed by atoms with Gasteiger partial charge in [-0.2, -0.15) is 0 Å². The number of pyridine rings is 1. The van der Waals surface area contributed by atoms with E-state index in [4.69, 9.17) is 10.3 Å². The van der Waals surface area contributed by atoms with Crippen LogP contribution in [0.3, 0.4) is 0 Å². The zero-order chi connectivity index (χ0) is 13.9. The summed E-state index contributed by atoms with van der Waals surface area (Å²) in [5.41, 5.74) is 3.83. The second-order valence-corrected chi connectivity index (χ2v) is 4.55. The molecule has 20 heavy (non-hydrogen) atoms. The number of hydrogen-bond acceptors (Lipinski definition) is 4. The molecule has 0 bridgehead atoms. The summed E-state index contributed by atoms with van der Waals surface area (Å²) in [5.74, 6) is 5.80. The molecule has 0 saturated carbocycles. The predicted octanol–water partition coefficient (Wildman–Crippen LogP) is 2.71. The van der Waals surface area contributed by atoms with Crippen molar-refractivity contribution in [3.8, 4) is 0 Å². The standard InChI is InChI=1S/C15H14FN3O/c16-12-6-3-4-10-8-14(20-15(10)12)13(19-17)9-11-5-1-2-7-18-11/h1-8,13,19H,9,17H2. The van der Waals surface area contributed by atoms with Crippen LogP contribution in [0.2, 0.25) is 0 Å². The summed E-state index contributed by atoms with van der Waals surface area (Å²) in [4.78, 5) is 4.25. The topological polar surface area (TPSA) is 64.1 Å². The number of hydrogen-bond donors (Lipinski definition) is 2. The van der Waals surface area contributed by atoms with Crippen LogP contribution < -0.4 is 11.3 Å². The zero-order valence-corrected chi connectivity index (χ0v) is 10.7. The number of aromatic nitrogens is 1. The monoisotopic (exact) mass is 271 g/mol. The van der Waals surface area contributed by atoms with E-state index in [-0.39, 0.29) is 17.4 Å². The molecule has 0 aliphatic rings. The van der Waals surface area contributed by atoms with Crippen molar-refractivity contribution in [2.75, 3.05) is 0 Å². The third-order valence-corrected chi connectivity index (χ3v) is 3.20. The summed E-state index contributed by atoms with van der Waals surface area (Å²) in [6, 6.07) is 12.1. The number of hydrazine groups is 1. The Balaban J connectivity index is 1.93. The zero-order valence-electron chi connectivity index (χ0n) is 10.7. The van der Waals surface area contributed by atoms with E-state index < -0.39 is 0 Å². The SMILES string of the molecule is NNC(Cc1ccccn1)c1cc2cccc(F)c2o1. The first-order chi connectivity index (χ1) is 9.78. The molecule has 0 saturated heterocycles. The smallest absolute Gasteiger partial charge is 0.169 e. The lowest BCUT2D eigenvalue weighted by atomic mass is 10.1. The van der Waals surface area contributed by atoms with E-state index in [1.807, 2.05) is 18.2 Å². The fourth-order valence-electron chi connectivity index (χ4n) is 2.19. The predicted molar refractivity (Wildman–Crippen MR) is 74.2 cm³/mol. The Bertz CT molecular complexity index is 711. The molecular weight excluding hydrogens is 257 g/mol. The van der Waals surface area contributed by atoms with Gasteiger partial charge in [0.15, 0.2) is 11.4 Å². The maximum absolute atomic E-state index is 13.6. The number of para-hydroxylation sites is 1. The fourth-order valence-corrected chi connectivity index (χ4v) is 2.19. The molecule has 4 nitrogen and oxygen atoms in total. The van der Waals surface area contributed by atoms with Gasteiger partial charge in [-0.05, 0) is 24.3 Å². The van der Waals surface area contributed by atoms with E-state index in [9.17, 15) is 4.39 Å². The fraction of sp³-hybridized carbons (Fsp3) is 0.133. The molecule has 102 valence electrons. The number of nitrogens with zero attached hydrogens (tertiary/aromatic N) is 1. The van der Waals surface area contributed by atoms with Crippen LogP contribution in [0.5, 0.6) is 0 Å². The minimum atomic E-state index is -0.373. The molecule has 3 aromatic rings. The number of fused-ring (bicyclic) bond motifs is 1. The number of furan rings is 1. The Labute approximate surface area is 115 Å². The molecule has 0 radical (unpaired) electrons. The Morgan fingerprint density at radius 2 is 2.15 bits per heavy atom. The van der Waals surface area contributed by atoms with Crippen molar-refractivity contribution in [2.24, 2.45) is 5.84 Å². The highest BCUT2D eigenvalue weighted by atomic mass is 19.1. The van der Waals surface area contributed by atoms with Crippen LogP contribution in [-0.4, -0.2) is 4.98 Å². The minimum Gasteiger partial charge on any atom is -0.456 e. The van der Waals surface area contributed by atoms with E-state index in [0.717, 1.165) is 11.1 Å². The van der Waals surface area contributed by atoms with E-state index in [0.29, 0.717) is 12.2 Å². The third kappa shape index (κ3) is 2.41. The van der Waals surface area contributed by atoms with E-state index >= 15 is 0 Å². The first kappa shape index (κ1) is 12.8. The van der Waals surface area contributed by atoms with E-state index in [2.05, 4.69) is 10.4 Å². The molecule has 1 aromatic carbocycles. The second kappa shape index (κ2) is 5.40. The van der Waals surface area contributed by atoms with Gasteiger partial charge in [-0.1, -0.05) is 18.2 Å². The molecule has 0 amide bonds. The maximum Gasteiger partial charge on any atom is 0.169 e. The molecular formula is C15H14FN3O. The van der Waals surface area contributed by atoms with Gasteiger partial charge in [-0.15, -0.1) is 0 Å². The molecule has 3 N–H and O–H groups in total. The van der Waals surface area contributed by atoms with Gasteiger partial charge in [0.1, 0.15) is 5.76 Å². The van der Waals surface area contributed by atoms with Crippen molar-refractivity contribution in [3.05, 3.63) is 65.9 Å². The molecule has 2 heterocycles. The van der Waals surface area contributed by atoms with Crippen molar-refractivity contribution in [3.63, 3.8) is 0 Å². The first-order valence-corrected chi connectivity index (χ1v) is 6.32. The molecule has 1 unspecified atom stereocenters. The Morgan fingerprint density at radius 1 is 1.25 bits per heavy atom. The summed E-state index contributed by atoms with van der Waals surface area (Å²) in [6.45, 7) is 0. The van der Waals surface area contributed by atoms with Crippen molar-refractivity contribution in [1.82, 2.24) is 10.4 Å². The molecule has 1 atom stereocenters.